The molecule has 0 saturated carbocycles. The molecule has 1 aromatic heterocycles. The van der Waals surface area contributed by atoms with Crippen molar-refractivity contribution in [3.05, 3.63) is 98.6 Å². The van der Waals surface area contributed by atoms with Crippen molar-refractivity contribution in [2.24, 2.45) is 0 Å². The summed E-state index contributed by atoms with van der Waals surface area (Å²) < 4.78 is 41.4. The van der Waals surface area contributed by atoms with Crippen LogP contribution < -0.4 is 5.56 Å². The van der Waals surface area contributed by atoms with Crippen LogP contribution in [0, 0.1) is 6.57 Å². The summed E-state index contributed by atoms with van der Waals surface area (Å²) >= 11 is 6.15. The summed E-state index contributed by atoms with van der Waals surface area (Å²) in [5.41, 5.74) is -2.12. The summed E-state index contributed by atoms with van der Waals surface area (Å²) in [6.45, 7) is 7.03. The summed E-state index contributed by atoms with van der Waals surface area (Å²) in [5, 5.41) is 0.382. The van der Waals surface area contributed by atoms with Crippen molar-refractivity contribution in [3.8, 4) is 11.3 Å². The number of pyridine rings is 1. The van der Waals surface area contributed by atoms with Gasteiger partial charge in [-0.15, -0.1) is 0 Å². The standard InChI is InChI=1S/C20H12ClF3N2O/c1-25-18-15(20(22,23)24)11-17(13-7-3-2-4-8-13)26(19(18)27)12-14-9-5-6-10-16(14)21/h2-11H,12H2. The number of alkyl halides is 3. The Balaban J connectivity index is 2.33. The zero-order valence-corrected chi connectivity index (χ0v) is 14.6. The minimum atomic E-state index is -4.81. The maximum Gasteiger partial charge on any atom is 0.407 e. The van der Waals surface area contributed by atoms with Gasteiger partial charge in [-0.3, -0.25) is 4.79 Å². The predicted octanol–water partition coefficient (Wildman–Crippen LogP) is 5.79. The van der Waals surface area contributed by atoms with Crippen LogP contribution >= 0.6 is 11.6 Å². The smallest absolute Gasteiger partial charge is 0.313 e. The van der Waals surface area contributed by atoms with Crippen LogP contribution in [-0.4, -0.2) is 4.57 Å². The highest BCUT2D eigenvalue weighted by atomic mass is 35.5. The molecule has 3 aromatic rings. The van der Waals surface area contributed by atoms with E-state index in [2.05, 4.69) is 4.85 Å². The molecule has 27 heavy (non-hydrogen) atoms. The molecule has 3 rings (SSSR count). The Kier molecular flexibility index (Phi) is 5.06. The van der Waals surface area contributed by atoms with Gasteiger partial charge >= 0.3 is 6.18 Å². The molecular formula is C20H12ClF3N2O. The molecule has 0 saturated heterocycles. The van der Waals surface area contributed by atoms with Crippen molar-refractivity contribution < 1.29 is 13.2 Å². The largest absolute Gasteiger partial charge is 0.407 e. The molecule has 7 heteroatoms. The van der Waals surface area contributed by atoms with Gasteiger partial charge in [0.05, 0.1) is 18.7 Å². The fourth-order valence-electron chi connectivity index (χ4n) is 2.76. The Labute approximate surface area is 158 Å². The molecule has 0 N–H and O–H groups in total. The van der Waals surface area contributed by atoms with Crippen LogP contribution in [0.4, 0.5) is 18.9 Å². The first kappa shape index (κ1) is 18.7. The maximum atomic E-state index is 13.4. The molecule has 0 spiro atoms. The summed E-state index contributed by atoms with van der Waals surface area (Å²) in [6, 6.07) is 15.8. The Bertz CT molecular complexity index is 1080. The highest BCUT2D eigenvalue weighted by Crippen LogP contribution is 2.37. The molecule has 0 aliphatic heterocycles. The Morgan fingerprint density at radius 1 is 1.04 bits per heavy atom. The molecule has 0 aliphatic rings. The number of benzene rings is 2. The molecule has 0 bridgehead atoms. The van der Waals surface area contributed by atoms with Crippen LogP contribution in [0.25, 0.3) is 16.1 Å². The minimum Gasteiger partial charge on any atom is -0.313 e. The van der Waals surface area contributed by atoms with Crippen LogP contribution in [0.3, 0.4) is 0 Å². The van der Waals surface area contributed by atoms with Crippen molar-refractivity contribution in [1.82, 2.24) is 4.57 Å². The van der Waals surface area contributed by atoms with E-state index in [-0.39, 0.29) is 12.2 Å². The van der Waals surface area contributed by atoms with Gasteiger partial charge in [-0.2, -0.15) is 13.2 Å². The zero-order chi connectivity index (χ0) is 19.6. The van der Waals surface area contributed by atoms with Gasteiger partial charge in [0.2, 0.25) is 0 Å². The molecule has 1 heterocycles. The molecule has 136 valence electrons. The van der Waals surface area contributed by atoms with Crippen LogP contribution in [0.15, 0.2) is 65.5 Å². The van der Waals surface area contributed by atoms with Crippen LogP contribution in [0.2, 0.25) is 5.02 Å². The molecule has 3 nitrogen and oxygen atoms in total. The van der Waals surface area contributed by atoms with Gasteiger partial charge in [-0.1, -0.05) is 60.1 Å². The van der Waals surface area contributed by atoms with Gasteiger partial charge in [0.15, 0.2) is 0 Å². The fourth-order valence-corrected chi connectivity index (χ4v) is 2.96. The third-order valence-electron chi connectivity index (χ3n) is 4.05. The second-order valence-electron chi connectivity index (χ2n) is 5.75. The van der Waals surface area contributed by atoms with Crippen molar-refractivity contribution in [2.45, 2.75) is 12.7 Å². The first-order valence-corrected chi connectivity index (χ1v) is 8.22. The Hall–Kier alpha value is -3.04. The average Bonchev–Trinajstić information content (AvgIpc) is 2.64. The third-order valence-corrected chi connectivity index (χ3v) is 4.42. The number of halogens is 4. The first-order chi connectivity index (χ1) is 12.8. The number of rotatable bonds is 3. The quantitative estimate of drug-likeness (QED) is 0.522. The van der Waals surface area contributed by atoms with Gasteiger partial charge in [0.1, 0.15) is 0 Å². The molecule has 0 aliphatic carbocycles. The van der Waals surface area contributed by atoms with Gasteiger partial charge in [-0.25, -0.2) is 4.85 Å². The molecular weight excluding hydrogens is 377 g/mol. The summed E-state index contributed by atoms with van der Waals surface area (Å²) in [5.74, 6) is 0. The summed E-state index contributed by atoms with van der Waals surface area (Å²) in [7, 11) is 0. The van der Waals surface area contributed by atoms with E-state index in [0.717, 1.165) is 10.6 Å². The lowest BCUT2D eigenvalue weighted by Gasteiger charge is -2.18. The Morgan fingerprint density at radius 2 is 1.67 bits per heavy atom. The number of hydrogen-bond donors (Lipinski definition) is 0. The van der Waals surface area contributed by atoms with E-state index < -0.39 is 23.0 Å². The summed E-state index contributed by atoms with van der Waals surface area (Å²) in [4.78, 5) is 15.6. The third kappa shape index (κ3) is 3.74. The van der Waals surface area contributed by atoms with Gasteiger partial charge in [0, 0.05) is 10.7 Å². The van der Waals surface area contributed by atoms with E-state index in [9.17, 15) is 18.0 Å². The van der Waals surface area contributed by atoms with E-state index in [1.165, 1.54) is 0 Å². The second kappa shape index (κ2) is 7.29. The summed E-state index contributed by atoms with van der Waals surface area (Å²) in [6.07, 6.45) is -4.81. The fraction of sp³-hybridized carbons (Fsp3) is 0.100. The molecule has 0 unspecified atom stereocenters. The van der Waals surface area contributed by atoms with Crippen molar-refractivity contribution in [1.29, 1.82) is 0 Å². The lowest BCUT2D eigenvalue weighted by atomic mass is 10.1. The SMILES string of the molecule is [C-]#[N+]c1c(C(F)(F)F)cc(-c2ccccc2)n(Cc2ccccc2Cl)c1=O. The highest BCUT2D eigenvalue weighted by Gasteiger charge is 2.36. The van der Waals surface area contributed by atoms with Crippen LogP contribution in [-0.2, 0) is 12.7 Å². The van der Waals surface area contributed by atoms with Crippen molar-refractivity contribution in [3.63, 3.8) is 0 Å². The average molecular weight is 389 g/mol. The molecule has 0 amide bonds. The topological polar surface area (TPSA) is 26.4 Å². The highest BCUT2D eigenvalue weighted by molar-refractivity contribution is 6.31. The van der Waals surface area contributed by atoms with E-state index in [0.29, 0.717) is 16.1 Å². The monoisotopic (exact) mass is 388 g/mol. The van der Waals surface area contributed by atoms with Gasteiger partial charge in [-0.05, 0) is 23.3 Å². The zero-order valence-electron chi connectivity index (χ0n) is 13.8. The van der Waals surface area contributed by atoms with Gasteiger partial charge < -0.3 is 4.57 Å². The van der Waals surface area contributed by atoms with Crippen molar-refractivity contribution in [2.75, 3.05) is 0 Å². The number of nitrogens with zero attached hydrogens (tertiary/aromatic N) is 2. The normalized spacial score (nSPS) is 11.2. The Morgan fingerprint density at radius 3 is 2.26 bits per heavy atom. The molecule has 0 fully saturated rings. The lowest BCUT2D eigenvalue weighted by Crippen LogP contribution is -2.25. The van der Waals surface area contributed by atoms with E-state index in [1.807, 2.05) is 0 Å². The molecule has 0 atom stereocenters. The number of hydrogen-bond acceptors (Lipinski definition) is 1. The van der Waals surface area contributed by atoms with E-state index in [4.69, 9.17) is 18.2 Å². The lowest BCUT2D eigenvalue weighted by molar-refractivity contribution is -0.136. The molecule has 0 radical (unpaired) electrons. The van der Waals surface area contributed by atoms with Crippen LogP contribution in [0.1, 0.15) is 11.1 Å². The maximum absolute atomic E-state index is 13.4. The second-order valence-corrected chi connectivity index (χ2v) is 6.16. The van der Waals surface area contributed by atoms with E-state index >= 15 is 0 Å². The minimum absolute atomic E-state index is 0.0522. The van der Waals surface area contributed by atoms with Gasteiger partial charge in [0.25, 0.3) is 11.2 Å². The predicted molar refractivity (Wildman–Crippen MR) is 98.0 cm³/mol. The van der Waals surface area contributed by atoms with E-state index in [1.54, 1.807) is 54.6 Å². The number of aromatic nitrogens is 1. The molecule has 2 aromatic carbocycles. The first-order valence-electron chi connectivity index (χ1n) is 7.84. The van der Waals surface area contributed by atoms with Crippen LogP contribution in [0.5, 0.6) is 0 Å². The van der Waals surface area contributed by atoms with Crippen molar-refractivity contribution >= 4 is 17.3 Å².